The van der Waals surface area contributed by atoms with Crippen LogP contribution in [0.3, 0.4) is 0 Å². The van der Waals surface area contributed by atoms with E-state index in [1.54, 1.807) is 20.3 Å². The minimum Gasteiger partial charge on any atom is -0.493 e. The molecule has 8 heteroatoms. The van der Waals surface area contributed by atoms with Gasteiger partial charge in [0.15, 0.2) is 17.6 Å². The van der Waals surface area contributed by atoms with Crippen molar-refractivity contribution < 1.29 is 28.5 Å². The topological polar surface area (TPSA) is 68.2 Å². The molecule has 206 valence electrons. The lowest BCUT2D eigenvalue weighted by atomic mass is 9.70. The van der Waals surface area contributed by atoms with Gasteiger partial charge < -0.3 is 24.2 Å². The number of aliphatic carboxylic acids is 1. The van der Waals surface area contributed by atoms with E-state index in [1.807, 2.05) is 31.3 Å². The van der Waals surface area contributed by atoms with E-state index in [0.717, 1.165) is 36.9 Å². The Balaban J connectivity index is 0.00000481. The number of carboxylic acids is 1. The van der Waals surface area contributed by atoms with E-state index in [2.05, 4.69) is 18.7 Å². The molecular weight excluding hydrogens is 497 g/mol. The zero-order valence-electron chi connectivity index (χ0n) is 22.5. The van der Waals surface area contributed by atoms with E-state index in [0.29, 0.717) is 37.0 Å². The molecule has 1 aliphatic rings. The van der Waals surface area contributed by atoms with Crippen molar-refractivity contribution in [3.8, 4) is 11.5 Å². The van der Waals surface area contributed by atoms with Crippen molar-refractivity contribution in [2.24, 2.45) is 11.8 Å². The number of benzene rings is 2. The largest absolute Gasteiger partial charge is 0.493 e. The summed E-state index contributed by atoms with van der Waals surface area (Å²) in [6.45, 7) is 6.13. The highest BCUT2D eigenvalue weighted by molar-refractivity contribution is 5.85. The third-order valence-corrected chi connectivity index (χ3v) is 7.26. The van der Waals surface area contributed by atoms with Crippen LogP contribution in [0.5, 0.6) is 11.5 Å². The fourth-order valence-corrected chi connectivity index (χ4v) is 5.30. The predicted molar refractivity (Wildman–Crippen MR) is 146 cm³/mol. The van der Waals surface area contributed by atoms with E-state index in [4.69, 9.17) is 14.2 Å². The summed E-state index contributed by atoms with van der Waals surface area (Å²) in [5.41, 5.74) is 3.37. The van der Waals surface area contributed by atoms with E-state index in [-0.39, 0.29) is 30.1 Å². The second-order valence-corrected chi connectivity index (χ2v) is 10.1. The Morgan fingerprint density at radius 1 is 1.11 bits per heavy atom. The number of rotatable bonds is 13. The van der Waals surface area contributed by atoms with Crippen molar-refractivity contribution in [2.45, 2.75) is 51.6 Å². The molecular formula is C29H41ClFNO5. The van der Waals surface area contributed by atoms with Gasteiger partial charge in [-0.25, -0.2) is 9.18 Å². The lowest BCUT2D eigenvalue weighted by Gasteiger charge is -2.36. The number of likely N-dealkylation sites (N-methyl/N-ethyl adjacent to an activating group) is 1. The lowest BCUT2D eigenvalue weighted by Crippen LogP contribution is -2.34. The maximum absolute atomic E-state index is 13.7. The Kier molecular flexibility index (Phi) is 12.1. The third-order valence-electron chi connectivity index (χ3n) is 7.26. The molecule has 1 N–H and O–H groups in total. The first-order valence-corrected chi connectivity index (χ1v) is 12.8. The first-order chi connectivity index (χ1) is 17.2. The Bertz CT molecular complexity index is 1020. The molecule has 0 amide bonds. The van der Waals surface area contributed by atoms with Gasteiger partial charge in [0.25, 0.3) is 0 Å². The number of nitrogens with zero attached hydrogens (tertiary/aromatic N) is 1. The Morgan fingerprint density at radius 3 is 2.49 bits per heavy atom. The normalized spacial score (nSPS) is 17.7. The Hall–Kier alpha value is -2.35. The molecule has 0 aromatic heterocycles. The summed E-state index contributed by atoms with van der Waals surface area (Å²) in [4.78, 5) is 14.1. The predicted octanol–water partition coefficient (Wildman–Crippen LogP) is 5.60. The average molecular weight is 538 g/mol. The maximum atomic E-state index is 13.7. The zero-order valence-corrected chi connectivity index (χ0v) is 23.4. The molecule has 3 atom stereocenters. The van der Waals surface area contributed by atoms with Crippen molar-refractivity contribution in [2.75, 3.05) is 41.0 Å². The van der Waals surface area contributed by atoms with E-state index >= 15 is 0 Å². The fraction of sp³-hybridized carbons (Fsp3) is 0.552. The van der Waals surface area contributed by atoms with Gasteiger partial charge in [0.2, 0.25) is 0 Å². The summed E-state index contributed by atoms with van der Waals surface area (Å²) in [7, 11) is 5.23. The van der Waals surface area contributed by atoms with Crippen LogP contribution < -0.4 is 9.47 Å². The molecule has 0 radical (unpaired) electrons. The molecule has 1 unspecified atom stereocenters. The van der Waals surface area contributed by atoms with Gasteiger partial charge in [0, 0.05) is 13.1 Å². The van der Waals surface area contributed by atoms with Gasteiger partial charge in [-0.3, -0.25) is 0 Å². The standard InChI is InChI=1S/C29H40FNO5.ClH/c1-19(2)28-22(8-7-21-17-23(30)9-10-24(21)28)18-36-26(29(32)33)13-15-31(3)14-12-20-6-11-25(34-4)27(16-20)35-5;/h6,9-11,16-17,19,22,26,28H,7-8,12-15,18H2,1-5H3,(H,32,33);1H/t22-,26?,28+;/m0./s1. The van der Waals surface area contributed by atoms with Gasteiger partial charge in [0.05, 0.1) is 20.8 Å². The molecule has 1 aliphatic carbocycles. The third kappa shape index (κ3) is 8.32. The fourth-order valence-electron chi connectivity index (χ4n) is 5.30. The second-order valence-electron chi connectivity index (χ2n) is 10.1. The van der Waals surface area contributed by atoms with E-state index in [9.17, 15) is 14.3 Å². The number of fused-ring (bicyclic) bond motifs is 1. The van der Waals surface area contributed by atoms with Crippen molar-refractivity contribution in [1.29, 1.82) is 0 Å². The summed E-state index contributed by atoms with van der Waals surface area (Å²) >= 11 is 0. The molecule has 3 rings (SSSR count). The molecule has 0 bridgehead atoms. The number of halogens is 2. The molecule has 0 saturated carbocycles. The lowest BCUT2D eigenvalue weighted by molar-refractivity contribution is -0.152. The van der Waals surface area contributed by atoms with Crippen LogP contribution in [0.1, 0.15) is 49.3 Å². The summed E-state index contributed by atoms with van der Waals surface area (Å²) in [5.74, 6) is 1.07. The maximum Gasteiger partial charge on any atom is 0.332 e. The number of aryl methyl sites for hydroxylation is 1. The minimum atomic E-state index is -0.928. The summed E-state index contributed by atoms with van der Waals surface area (Å²) in [6.07, 6.45) is 2.04. The highest BCUT2D eigenvalue weighted by Crippen LogP contribution is 2.41. The van der Waals surface area contributed by atoms with Crippen LogP contribution in [0, 0.1) is 17.7 Å². The van der Waals surface area contributed by atoms with Crippen molar-refractivity contribution >= 4 is 18.4 Å². The van der Waals surface area contributed by atoms with E-state index < -0.39 is 12.1 Å². The highest BCUT2D eigenvalue weighted by Gasteiger charge is 2.33. The van der Waals surface area contributed by atoms with Crippen molar-refractivity contribution in [3.05, 3.63) is 58.9 Å². The van der Waals surface area contributed by atoms with Crippen LogP contribution in [0.4, 0.5) is 4.39 Å². The van der Waals surface area contributed by atoms with Crippen LogP contribution in [-0.2, 0) is 22.4 Å². The zero-order chi connectivity index (χ0) is 26.2. The van der Waals surface area contributed by atoms with Gasteiger partial charge in [0.1, 0.15) is 5.82 Å². The summed E-state index contributed by atoms with van der Waals surface area (Å²) < 4.78 is 30.4. The molecule has 2 aromatic rings. The molecule has 0 heterocycles. The average Bonchev–Trinajstić information content (AvgIpc) is 2.86. The van der Waals surface area contributed by atoms with Crippen LogP contribution in [0.15, 0.2) is 36.4 Å². The Morgan fingerprint density at radius 2 is 1.84 bits per heavy atom. The minimum absolute atomic E-state index is 0. The van der Waals surface area contributed by atoms with Crippen LogP contribution in [0.25, 0.3) is 0 Å². The quantitative estimate of drug-likeness (QED) is 0.359. The first-order valence-electron chi connectivity index (χ1n) is 12.8. The molecule has 2 aromatic carbocycles. The monoisotopic (exact) mass is 537 g/mol. The molecule has 37 heavy (non-hydrogen) atoms. The number of ether oxygens (including phenoxy) is 3. The van der Waals surface area contributed by atoms with Crippen LogP contribution in [0.2, 0.25) is 0 Å². The van der Waals surface area contributed by atoms with Crippen LogP contribution in [-0.4, -0.2) is 63.0 Å². The number of hydrogen-bond acceptors (Lipinski definition) is 5. The van der Waals surface area contributed by atoms with Gasteiger partial charge >= 0.3 is 5.97 Å². The number of methoxy groups -OCH3 is 2. The summed E-state index contributed by atoms with van der Waals surface area (Å²) in [6, 6.07) is 10.9. The summed E-state index contributed by atoms with van der Waals surface area (Å²) in [5, 5.41) is 9.78. The number of carbonyl (C=O) groups is 1. The Labute approximate surface area is 226 Å². The molecule has 0 spiro atoms. The second kappa shape index (κ2) is 14.6. The van der Waals surface area contributed by atoms with Gasteiger partial charge in [-0.2, -0.15) is 0 Å². The van der Waals surface area contributed by atoms with Crippen molar-refractivity contribution in [3.63, 3.8) is 0 Å². The number of carboxylic acid groups (broad SMARTS) is 1. The smallest absolute Gasteiger partial charge is 0.332 e. The molecule has 6 nitrogen and oxygen atoms in total. The van der Waals surface area contributed by atoms with Crippen LogP contribution >= 0.6 is 12.4 Å². The molecule has 0 fully saturated rings. The molecule has 0 saturated heterocycles. The molecule has 0 aliphatic heterocycles. The van der Waals surface area contributed by atoms with Crippen molar-refractivity contribution in [1.82, 2.24) is 4.90 Å². The van der Waals surface area contributed by atoms with Gasteiger partial charge in [-0.05, 0) is 91.4 Å². The highest BCUT2D eigenvalue weighted by atomic mass is 35.5. The number of hydrogen-bond donors (Lipinski definition) is 1. The van der Waals surface area contributed by atoms with E-state index in [1.165, 1.54) is 11.6 Å². The van der Waals surface area contributed by atoms with Gasteiger partial charge in [-0.1, -0.05) is 26.0 Å². The first kappa shape index (κ1) is 30.9. The van der Waals surface area contributed by atoms with Gasteiger partial charge in [-0.15, -0.1) is 12.4 Å². The SMILES string of the molecule is COc1ccc(CCN(C)CCC(OC[C@@H]2CCc3cc(F)ccc3[C@@H]2C(C)C)C(=O)O)cc1OC.Cl.